The molecule has 1 aromatic carbocycles. The van der Waals surface area contributed by atoms with Crippen LogP contribution in [-0.4, -0.2) is 84.2 Å². The molecule has 2 heterocycles. The molecule has 0 radical (unpaired) electrons. The monoisotopic (exact) mass is 405 g/mol. The van der Waals surface area contributed by atoms with Crippen LogP contribution < -0.4 is 0 Å². The summed E-state index contributed by atoms with van der Waals surface area (Å²) in [6.07, 6.45) is 4.51. The molecule has 1 unspecified atom stereocenters. The number of carbonyl (C=O) groups excluding carboxylic acids is 1. The molecule has 2 fully saturated rings. The molecule has 2 aliphatic rings. The Kier molecular flexibility index (Phi) is 8.45. The van der Waals surface area contributed by atoms with Crippen LogP contribution in [-0.2, 0) is 11.2 Å². The number of likely N-dealkylation sites (tertiary alicyclic amines) is 2. The van der Waals surface area contributed by atoms with Crippen molar-refractivity contribution in [2.24, 2.45) is 5.92 Å². The Hall–Kier alpha value is -1.50. The predicted molar refractivity (Wildman–Crippen MR) is 113 cm³/mol. The number of benzene rings is 1. The Labute approximate surface area is 174 Å². The molecule has 1 amide bonds. The number of aliphatic hydroxyl groups is 1. The van der Waals surface area contributed by atoms with E-state index in [4.69, 9.17) is 0 Å². The molecule has 0 saturated carbocycles. The van der Waals surface area contributed by atoms with Crippen LogP contribution in [0.15, 0.2) is 24.3 Å². The first-order valence-corrected chi connectivity index (χ1v) is 11.2. The van der Waals surface area contributed by atoms with Gasteiger partial charge in [0.25, 0.3) is 0 Å². The van der Waals surface area contributed by atoms with Crippen LogP contribution in [0.2, 0.25) is 0 Å². The van der Waals surface area contributed by atoms with E-state index in [1.165, 1.54) is 6.07 Å². The fourth-order valence-corrected chi connectivity index (χ4v) is 4.57. The van der Waals surface area contributed by atoms with Crippen molar-refractivity contribution in [2.75, 3.05) is 52.4 Å². The summed E-state index contributed by atoms with van der Waals surface area (Å²) in [6.45, 7) is 8.74. The third kappa shape index (κ3) is 7.05. The van der Waals surface area contributed by atoms with E-state index in [1.807, 2.05) is 11.0 Å². The molecule has 0 bridgehead atoms. The van der Waals surface area contributed by atoms with Crippen molar-refractivity contribution in [3.05, 3.63) is 35.6 Å². The molecule has 6 heteroatoms. The third-order valence-electron chi connectivity index (χ3n) is 6.34. The maximum Gasteiger partial charge on any atom is 0.236 e. The van der Waals surface area contributed by atoms with Gasteiger partial charge in [0.1, 0.15) is 5.82 Å². The van der Waals surface area contributed by atoms with Gasteiger partial charge in [-0.15, -0.1) is 0 Å². The van der Waals surface area contributed by atoms with Gasteiger partial charge in [-0.05, 0) is 69.2 Å². The van der Waals surface area contributed by atoms with Crippen molar-refractivity contribution < 1.29 is 14.3 Å². The second-order valence-corrected chi connectivity index (χ2v) is 8.63. The number of halogens is 1. The highest BCUT2D eigenvalue weighted by molar-refractivity contribution is 5.78. The van der Waals surface area contributed by atoms with Gasteiger partial charge in [0, 0.05) is 39.3 Å². The van der Waals surface area contributed by atoms with Crippen molar-refractivity contribution in [1.29, 1.82) is 0 Å². The highest BCUT2D eigenvalue weighted by Gasteiger charge is 2.25. The lowest BCUT2D eigenvalue weighted by molar-refractivity contribution is -0.133. The number of nitrogens with zero attached hydrogens (tertiary/aromatic N) is 3. The number of carbonyl (C=O) groups is 1. The van der Waals surface area contributed by atoms with Crippen LogP contribution in [0.5, 0.6) is 0 Å². The topological polar surface area (TPSA) is 47.0 Å². The Bertz CT molecular complexity index is 649. The number of likely N-dealkylation sites (N-methyl/N-ethyl adjacent to an activating group) is 1. The highest BCUT2D eigenvalue weighted by atomic mass is 19.1. The van der Waals surface area contributed by atoms with Gasteiger partial charge >= 0.3 is 0 Å². The Morgan fingerprint density at radius 3 is 2.72 bits per heavy atom. The van der Waals surface area contributed by atoms with Crippen molar-refractivity contribution >= 4 is 5.91 Å². The lowest BCUT2D eigenvalue weighted by atomic mass is 9.96. The molecule has 5 nitrogen and oxygen atoms in total. The zero-order chi connectivity index (χ0) is 20.6. The summed E-state index contributed by atoms with van der Waals surface area (Å²) in [7, 11) is 0. The van der Waals surface area contributed by atoms with Gasteiger partial charge in [-0.25, -0.2) is 4.39 Å². The largest absolute Gasteiger partial charge is 0.393 e. The number of hydrogen-bond donors (Lipinski definition) is 1. The Morgan fingerprint density at radius 1 is 1.21 bits per heavy atom. The molecule has 1 N–H and O–H groups in total. The first kappa shape index (κ1) is 22.2. The number of amides is 1. The SMILES string of the molecule is CCN(CC1CCCN(CCc2cccc(F)c2)C1)C(=O)CN1CCC(O)CC1. The zero-order valence-corrected chi connectivity index (χ0v) is 17.7. The van der Waals surface area contributed by atoms with Crippen LogP contribution in [0.3, 0.4) is 0 Å². The molecular weight excluding hydrogens is 369 g/mol. The van der Waals surface area contributed by atoms with E-state index < -0.39 is 0 Å². The molecule has 2 saturated heterocycles. The van der Waals surface area contributed by atoms with Crippen molar-refractivity contribution in [2.45, 2.75) is 45.1 Å². The van der Waals surface area contributed by atoms with Crippen molar-refractivity contribution in [3.8, 4) is 0 Å². The zero-order valence-electron chi connectivity index (χ0n) is 17.7. The second-order valence-electron chi connectivity index (χ2n) is 8.63. The summed E-state index contributed by atoms with van der Waals surface area (Å²) < 4.78 is 13.4. The first-order valence-electron chi connectivity index (χ1n) is 11.2. The van der Waals surface area contributed by atoms with Crippen molar-refractivity contribution in [3.63, 3.8) is 0 Å². The summed E-state index contributed by atoms with van der Waals surface area (Å²) in [5, 5.41) is 9.64. The minimum atomic E-state index is -0.204. The Morgan fingerprint density at radius 2 is 2.00 bits per heavy atom. The lowest BCUT2D eigenvalue weighted by Gasteiger charge is -2.36. The van der Waals surface area contributed by atoms with E-state index in [2.05, 4.69) is 16.7 Å². The molecule has 0 spiro atoms. The normalized spacial score (nSPS) is 22.0. The molecule has 29 heavy (non-hydrogen) atoms. The van der Waals surface area contributed by atoms with E-state index in [1.54, 1.807) is 12.1 Å². The average molecular weight is 406 g/mol. The average Bonchev–Trinajstić information content (AvgIpc) is 2.72. The molecule has 162 valence electrons. The Balaban J connectivity index is 1.44. The summed E-state index contributed by atoms with van der Waals surface area (Å²) in [6, 6.07) is 6.88. The second kappa shape index (κ2) is 11.0. The van der Waals surface area contributed by atoms with E-state index in [-0.39, 0.29) is 17.8 Å². The first-order chi connectivity index (χ1) is 14.0. The summed E-state index contributed by atoms with van der Waals surface area (Å²) in [5.41, 5.74) is 1.05. The van der Waals surface area contributed by atoms with Crippen LogP contribution in [0.25, 0.3) is 0 Å². The molecular formula is C23H36FN3O2. The number of piperidine rings is 2. The minimum absolute atomic E-state index is 0.167. The molecule has 2 aliphatic heterocycles. The summed E-state index contributed by atoms with van der Waals surface area (Å²) in [5.74, 6) is 0.545. The van der Waals surface area contributed by atoms with Gasteiger partial charge < -0.3 is 14.9 Å². The van der Waals surface area contributed by atoms with Crippen LogP contribution in [0.1, 0.15) is 38.2 Å². The van der Waals surface area contributed by atoms with Crippen LogP contribution in [0.4, 0.5) is 4.39 Å². The van der Waals surface area contributed by atoms with Gasteiger partial charge in [-0.1, -0.05) is 12.1 Å². The fourth-order valence-electron chi connectivity index (χ4n) is 4.57. The molecule has 0 aromatic heterocycles. The molecule has 0 aliphatic carbocycles. The molecule has 3 rings (SSSR count). The quantitative estimate of drug-likeness (QED) is 0.722. The van der Waals surface area contributed by atoms with E-state index in [0.717, 1.165) is 83.5 Å². The van der Waals surface area contributed by atoms with Gasteiger partial charge in [0.15, 0.2) is 0 Å². The van der Waals surface area contributed by atoms with E-state index in [0.29, 0.717) is 12.5 Å². The summed E-state index contributed by atoms with van der Waals surface area (Å²) >= 11 is 0. The van der Waals surface area contributed by atoms with Gasteiger partial charge in [-0.2, -0.15) is 0 Å². The van der Waals surface area contributed by atoms with Crippen molar-refractivity contribution in [1.82, 2.24) is 14.7 Å². The summed E-state index contributed by atoms with van der Waals surface area (Å²) in [4.78, 5) is 19.4. The maximum atomic E-state index is 13.4. The minimum Gasteiger partial charge on any atom is -0.393 e. The van der Waals surface area contributed by atoms with Gasteiger partial charge in [0.05, 0.1) is 12.6 Å². The van der Waals surface area contributed by atoms with Crippen LogP contribution >= 0.6 is 0 Å². The predicted octanol–water partition coefficient (Wildman–Crippen LogP) is 2.39. The number of rotatable bonds is 8. The standard InChI is InChI=1S/C23H36FN3O2/c1-2-27(23(29)18-26-13-9-22(28)10-14-26)17-20-6-4-11-25(16-20)12-8-19-5-3-7-21(24)15-19/h3,5,7,15,20,22,28H,2,4,6,8-14,16-18H2,1H3. The van der Waals surface area contributed by atoms with Gasteiger partial charge in [-0.3, -0.25) is 9.69 Å². The highest BCUT2D eigenvalue weighted by Crippen LogP contribution is 2.19. The maximum absolute atomic E-state index is 13.4. The lowest BCUT2D eigenvalue weighted by Crippen LogP contribution is -2.47. The van der Waals surface area contributed by atoms with E-state index >= 15 is 0 Å². The molecule has 1 atom stereocenters. The third-order valence-corrected chi connectivity index (χ3v) is 6.34. The smallest absolute Gasteiger partial charge is 0.236 e. The number of aliphatic hydroxyl groups excluding tert-OH is 1. The van der Waals surface area contributed by atoms with E-state index in [9.17, 15) is 14.3 Å². The van der Waals surface area contributed by atoms with Gasteiger partial charge in [0.2, 0.25) is 5.91 Å². The molecule has 1 aromatic rings. The fraction of sp³-hybridized carbons (Fsp3) is 0.696. The number of hydrogen-bond acceptors (Lipinski definition) is 4. The van der Waals surface area contributed by atoms with Crippen LogP contribution in [0, 0.1) is 11.7 Å².